The van der Waals surface area contributed by atoms with Crippen LogP contribution in [-0.2, 0) is 6.54 Å². The van der Waals surface area contributed by atoms with Gasteiger partial charge in [0.1, 0.15) is 11.5 Å². The first kappa shape index (κ1) is 24.1. The highest BCUT2D eigenvalue weighted by molar-refractivity contribution is 5.84. The number of ether oxygens (including phenoxy) is 1. The molecule has 9 nitrogen and oxygen atoms in total. The molecule has 1 unspecified atom stereocenters. The molecule has 2 heterocycles. The Labute approximate surface area is 200 Å². The van der Waals surface area contributed by atoms with Crippen LogP contribution in [0.15, 0.2) is 24.5 Å². The molecule has 1 fully saturated rings. The molecule has 184 valence electrons. The quantitative estimate of drug-likeness (QED) is 0.359. The van der Waals surface area contributed by atoms with Crippen LogP contribution in [0.25, 0.3) is 11.2 Å². The van der Waals surface area contributed by atoms with Gasteiger partial charge < -0.3 is 30.2 Å². The van der Waals surface area contributed by atoms with Gasteiger partial charge in [-0.05, 0) is 51.3 Å². The number of phenolic OH excluding ortho intramolecular Hbond substituents is 1. The fraction of sp³-hybridized carbons (Fsp3) is 0.560. The summed E-state index contributed by atoms with van der Waals surface area (Å²) < 4.78 is 7.46. The summed E-state index contributed by atoms with van der Waals surface area (Å²) in [5, 5.41) is 27.5. The number of methoxy groups -OCH3 is 1. The molecule has 2 aromatic heterocycles. The Balaban J connectivity index is 1.71. The standard InChI is InChI=1S/C25H36N6O3/c1-5-20(25(2,3)33)28-24-29-22(26-14-16-13-18(34-4)11-12-19(16)32)21-23(30-24)31(15-27-21)17-9-7-6-8-10-17/h11-13,15,17,20,32-33H,5-10,14H2,1-4H3,(H2,26,28,29,30). The van der Waals surface area contributed by atoms with Crippen molar-refractivity contribution in [3.8, 4) is 11.5 Å². The van der Waals surface area contributed by atoms with E-state index in [1.807, 2.05) is 13.3 Å². The van der Waals surface area contributed by atoms with Crippen LogP contribution >= 0.6 is 0 Å². The number of nitrogens with zero attached hydrogens (tertiary/aromatic N) is 4. The van der Waals surface area contributed by atoms with Gasteiger partial charge in [-0.15, -0.1) is 0 Å². The molecule has 1 atom stereocenters. The van der Waals surface area contributed by atoms with Gasteiger partial charge in [-0.25, -0.2) is 4.98 Å². The Morgan fingerprint density at radius 1 is 1.21 bits per heavy atom. The van der Waals surface area contributed by atoms with Gasteiger partial charge >= 0.3 is 0 Å². The van der Waals surface area contributed by atoms with Crippen LogP contribution in [-0.4, -0.2) is 48.5 Å². The molecule has 9 heteroatoms. The smallest absolute Gasteiger partial charge is 0.227 e. The zero-order valence-electron chi connectivity index (χ0n) is 20.5. The van der Waals surface area contributed by atoms with Crippen molar-refractivity contribution in [1.82, 2.24) is 19.5 Å². The minimum atomic E-state index is -0.934. The maximum Gasteiger partial charge on any atom is 0.227 e. The second-order valence-electron chi connectivity index (χ2n) is 9.62. The second-order valence-corrected chi connectivity index (χ2v) is 9.62. The van der Waals surface area contributed by atoms with Crippen molar-refractivity contribution >= 4 is 22.9 Å². The Morgan fingerprint density at radius 2 is 1.97 bits per heavy atom. The summed E-state index contributed by atoms with van der Waals surface area (Å²) in [7, 11) is 1.60. The molecule has 4 N–H and O–H groups in total. The maximum atomic E-state index is 10.6. The minimum absolute atomic E-state index is 0.178. The number of benzene rings is 1. The molecule has 0 aliphatic heterocycles. The average Bonchev–Trinajstić information content (AvgIpc) is 3.25. The zero-order chi connectivity index (χ0) is 24.3. The molecule has 1 saturated carbocycles. The van der Waals surface area contributed by atoms with Crippen LogP contribution in [0.3, 0.4) is 0 Å². The monoisotopic (exact) mass is 468 g/mol. The summed E-state index contributed by atoms with van der Waals surface area (Å²) in [5.41, 5.74) is 1.22. The van der Waals surface area contributed by atoms with Crippen LogP contribution in [0.4, 0.5) is 11.8 Å². The van der Waals surface area contributed by atoms with Gasteiger partial charge in [-0.2, -0.15) is 9.97 Å². The van der Waals surface area contributed by atoms with Crippen molar-refractivity contribution in [3.63, 3.8) is 0 Å². The van der Waals surface area contributed by atoms with E-state index in [1.54, 1.807) is 39.2 Å². The Morgan fingerprint density at radius 3 is 2.65 bits per heavy atom. The first-order valence-electron chi connectivity index (χ1n) is 12.1. The third-order valence-electron chi connectivity index (χ3n) is 6.69. The van der Waals surface area contributed by atoms with E-state index in [4.69, 9.17) is 14.7 Å². The van der Waals surface area contributed by atoms with Gasteiger partial charge in [-0.3, -0.25) is 0 Å². The number of imidazole rings is 1. The molecule has 0 spiro atoms. The van der Waals surface area contributed by atoms with Crippen molar-refractivity contribution in [3.05, 3.63) is 30.1 Å². The van der Waals surface area contributed by atoms with Crippen molar-refractivity contribution < 1.29 is 14.9 Å². The summed E-state index contributed by atoms with van der Waals surface area (Å²) in [4.78, 5) is 14.2. The Hall–Kier alpha value is -3.07. The van der Waals surface area contributed by atoms with Crippen LogP contribution < -0.4 is 15.4 Å². The van der Waals surface area contributed by atoms with Gasteiger partial charge in [0.2, 0.25) is 5.95 Å². The molecule has 34 heavy (non-hydrogen) atoms. The minimum Gasteiger partial charge on any atom is -0.508 e. The largest absolute Gasteiger partial charge is 0.508 e. The number of hydrogen-bond acceptors (Lipinski definition) is 8. The predicted molar refractivity (Wildman–Crippen MR) is 133 cm³/mol. The van der Waals surface area contributed by atoms with E-state index >= 15 is 0 Å². The fourth-order valence-electron chi connectivity index (χ4n) is 4.67. The van der Waals surface area contributed by atoms with Gasteiger partial charge in [0.05, 0.1) is 25.1 Å². The van der Waals surface area contributed by atoms with E-state index < -0.39 is 5.60 Å². The molecule has 1 aliphatic rings. The summed E-state index contributed by atoms with van der Waals surface area (Å²) in [5.74, 6) is 1.87. The highest BCUT2D eigenvalue weighted by Gasteiger charge is 2.27. The van der Waals surface area contributed by atoms with Crippen molar-refractivity contribution in [1.29, 1.82) is 0 Å². The van der Waals surface area contributed by atoms with Crippen LogP contribution in [0.1, 0.15) is 70.9 Å². The topological polar surface area (TPSA) is 117 Å². The van der Waals surface area contributed by atoms with E-state index in [0.29, 0.717) is 47.6 Å². The fourth-order valence-corrected chi connectivity index (χ4v) is 4.67. The molecule has 0 amide bonds. The average molecular weight is 469 g/mol. The van der Waals surface area contributed by atoms with Crippen molar-refractivity contribution in [2.45, 2.75) is 83.5 Å². The highest BCUT2D eigenvalue weighted by Crippen LogP contribution is 2.33. The number of rotatable bonds is 9. The Kier molecular flexibility index (Phi) is 7.11. The Bertz CT molecular complexity index is 1120. The van der Waals surface area contributed by atoms with E-state index in [1.165, 1.54) is 19.3 Å². The molecule has 0 radical (unpaired) electrons. The molecule has 1 aromatic carbocycles. The lowest BCUT2D eigenvalue weighted by molar-refractivity contribution is 0.0577. The van der Waals surface area contributed by atoms with Gasteiger partial charge in [0, 0.05) is 18.2 Å². The number of nitrogens with one attached hydrogen (secondary N) is 2. The zero-order valence-corrected chi connectivity index (χ0v) is 20.5. The summed E-state index contributed by atoms with van der Waals surface area (Å²) in [6.45, 7) is 5.92. The molecule has 0 saturated heterocycles. The third kappa shape index (κ3) is 5.19. The van der Waals surface area contributed by atoms with Crippen LogP contribution in [0, 0.1) is 0 Å². The molecular formula is C25H36N6O3. The number of aromatic hydroxyl groups is 1. The predicted octanol–water partition coefficient (Wildman–Crippen LogP) is 4.62. The second kappa shape index (κ2) is 10.0. The number of aromatic nitrogens is 4. The van der Waals surface area contributed by atoms with E-state index in [2.05, 4.69) is 20.2 Å². The first-order chi connectivity index (χ1) is 16.3. The summed E-state index contributed by atoms with van der Waals surface area (Å²) in [6, 6.07) is 5.28. The number of hydrogen-bond donors (Lipinski definition) is 4. The third-order valence-corrected chi connectivity index (χ3v) is 6.69. The molecule has 4 rings (SSSR count). The van der Waals surface area contributed by atoms with E-state index in [0.717, 1.165) is 18.5 Å². The van der Waals surface area contributed by atoms with E-state index in [9.17, 15) is 10.2 Å². The SMILES string of the molecule is CCC(Nc1nc(NCc2cc(OC)ccc2O)c2ncn(C3CCCCC3)c2n1)C(C)(C)O. The van der Waals surface area contributed by atoms with Gasteiger partial charge in [-0.1, -0.05) is 26.2 Å². The molecular weight excluding hydrogens is 432 g/mol. The highest BCUT2D eigenvalue weighted by atomic mass is 16.5. The number of anilines is 2. The summed E-state index contributed by atoms with van der Waals surface area (Å²) >= 11 is 0. The van der Waals surface area contributed by atoms with Crippen molar-refractivity contribution in [2.75, 3.05) is 17.7 Å². The van der Waals surface area contributed by atoms with Gasteiger partial charge in [0.15, 0.2) is 17.0 Å². The molecule has 3 aromatic rings. The van der Waals surface area contributed by atoms with Gasteiger partial charge in [0.25, 0.3) is 0 Å². The van der Waals surface area contributed by atoms with E-state index in [-0.39, 0.29) is 11.8 Å². The lowest BCUT2D eigenvalue weighted by Gasteiger charge is -2.29. The number of aliphatic hydroxyl groups is 1. The normalized spacial score (nSPS) is 15.9. The number of fused-ring (bicyclic) bond motifs is 1. The van der Waals surface area contributed by atoms with Crippen LogP contribution in [0.5, 0.6) is 11.5 Å². The first-order valence-corrected chi connectivity index (χ1v) is 12.1. The van der Waals surface area contributed by atoms with Crippen LogP contribution in [0.2, 0.25) is 0 Å². The number of phenols is 1. The molecule has 1 aliphatic carbocycles. The lowest BCUT2D eigenvalue weighted by Crippen LogP contribution is -2.41. The maximum absolute atomic E-state index is 10.6. The lowest BCUT2D eigenvalue weighted by atomic mass is 9.95. The molecule has 0 bridgehead atoms. The summed E-state index contributed by atoms with van der Waals surface area (Å²) in [6.07, 6.45) is 8.48. The van der Waals surface area contributed by atoms with Crippen molar-refractivity contribution in [2.24, 2.45) is 0 Å².